The molecule has 2 heterocycles. The van der Waals surface area contributed by atoms with Gasteiger partial charge in [0.15, 0.2) is 0 Å². The van der Waals surface area contributed by atoms with Crippen LogP contribution in [0.3, 0.4) is 0 Å². The molecule has 1 fully saturated rings. The van der Waals surface area contributed by atoms with E-state index in [4.69, 9.17) is 0 Å². The SMILES string of the molecule is O=C(Nc1cc(C2C[CH]C2)n[nH]1)c1ccccn1. The molecule has 0 atom stereocenters. The van der Waals surface area contributed by atoms with Crippen LogP contribution in [-0.4, -0.2) is 21.1 Å². The highest BCUT2D eigenvalue weighted by atomic mass is 16.1. The molecule has 5 heteroatoms. The van der Waals surface area contributed by atoms with E-state index in [1.807, 2.05) is 6.07 Å². The third-order valence-corrected chi connectivity index (χ3v) is 3.06. The summed E-state index contributed by atoms with van der Waals surface area (Å²) in [6, 6.07) is 7.12. The first kappa shape index (κ1) is 11.0. The standard InChI is InChI=1S/C13H13N4O/c18-13(10-6-1-2-7-14-10)15-12-8-11(16-17-12)9-4-3-5-9/h1-3,6-9H,4-5H2,(H2,15,16,17,18). The maximum Gasteiger partial charge on any atom is 0.275 e. The van der Waals surface area contributed by atoms with Gasteiger partial charge in [-0.3, -0.25) is 14.9 Å². The zero-order chi connectivity index (χ0) is 12.4. The van der Waals surface area contributed by atoms with Crippen molar-refractivity contribution in [3.63, 3.8) is 0 Å². The average molecular weight is 241 g/mol. The zero-order valence-corrected chi connectivity index (χ0v) is 9.76. The van der Waals surface area contributed by atoms with Crippen molar-refractivity contribution in [2.75, 3.05) is 5.32 Å². The van der Waals surface area contributed by atoms with E-state index >= 15 is 0 Å². The molecule has 91 valence electrons. The molecular weight excluding hydrogens is 228 g/mol. The van der Waals surface area contributed by atoms with Crippen LogP contribution in [0.4, 0.5) is 5.82 Å². The molecule has 0 aromatic carbocycles. The maximum atomic E-state index is 11.8. The Balaban J connectivity index is 1.69. The van der Waals surface area contributed by atoms with Crippen LogP contribution < -0.4 is 5.32 Å². The highest BCUT2D eigenvalue weighted by molar-refractivity contribution is 6.02. The van der Waals surface area contributed by atoms with Gasteiger partial charge in [0.2, 0.25) is 0 Å². The number of H-pyrrole nitrogens is 1. The highest BCUT2D eigenvalue weighted by Crippen LogP contribution is 2.34. The molecule has 1 aliphatic rings. The van der Waals surface area contributed by atoms with Crippen molar-refractivity contribution >= 4 is 11.7 Å². The number of aromatic nitrogens is 3. The van der Waals surface area contributed by atoms with Crippen molar-refractivity contribution in [3.05, 3.63) is 48.3 Å². The lowest BCUT2D eigenvalue weighted by Gasteiger charge is -2.22. The molecule has 3 rings (SSSR count). The second-order valence-electron chi connectivity index (χ2n) is 4.33. The van der Waals surface area contributed by atoms with Crippen LogP contribution in [0.25, 0.3) is 0 Å². The number of rotatable bonds is 3. The molecule has 0 spiro atoms. The number of aromatic amines is 1. The van der Waals surface area contributed by atoms with Crippen molar-refractivity contribution in [1.29, 1.82) is 0 Å². The van der Waals surface area contributed by atoms with E-state index in [1.165, 1.54) is 0 Å². The largest absolute Gasteiger partial charge is 0.306 e. The molecule has 1 saturated carbocycles. The van der Waals surface area contributed by atoms with Gasteiger partial charge in [-0.25, -0.2) is 0 Å². The molecule has 5 nitrogen and oxygen atoms in total. The summed E-state index contributed by atoms with van der Waals surface area (Å²) in [6.45, 7) is 0. The predicted octanol–water partition coefficient (Wildman–Crippen LogP) is 2.14. The van der Waals surface area contributed by atoms with Crippen molar-refractivity contribution in [3.8, 4) is 0 Å². The number of hydrogen-bond donors (Lipinski definition) is 2. The number of nitrogens with one attached hydrogen (secondary N) is 2. The Labute approximate surface area is 105 Å². The molecule has 0 saturated heterocycles. The first-order valence-electron chi connectivity index (χ1n) is 5.92. The lowest BCUT2D eigenvalue weighted by molar-refractivity contribution is 0.102. The Kier molecular flexibility index (Phi) is 2.80. The van der Waals surface area contributed by atoms with E-state index in [-0.39, 0.29) is 5.91 Å². The van der Waals surface area contributed by atoms with E-state index in [9.17, 15) is 4.79 Å². The van der Waals surface area contributed by atoms with Gasteiger partial charge in [0, 0.05) is 18.2 Å². The number of anilines is 1. The number of hydrogen-bond acceptors (Lipinski definition) is 3. The number of carbonyl (C=O) groups excluding carboxylic acids is 1. The zero-order valence-electron chi connectivity index (χ0n) is 9.76. The second-order valence-corrected chi connectivity index (χ2v) is 4.33. The number of carbonyl (C=O) groups is 1. The summed E-state index contributed by atoms with van der Waals surface area (Å²) in [5.74, 6) is 0.889. The molecule has 1 radical (unpaired) electrons. The summed E-state index contributed by atoms with van der Waals surface area (Å²) in [6.07, 6.45) is 5.96. The number of nitrogens with zero attached hydrogens (tertiary/aromatic N) is 2. The molecular formula is C13H13N4O. The molecule has 0 bridgehead atoms. The molecule has 1 aliphatic carbocycles. The summed E-state index contributed by atoms with van der Waals surface area (Å²) < 4.78 is 0. The molecule has 2 aromatic rings. The van der Waals surface area contributed by atoms with Crippen LogP contribution in [0, 0.1) is 6.42 Å². The number of amides is 1. The molecule has 1 amide bonds. The van der Waals surface area contributed by atoms with Crippen LogP contribution in [0.1, 0.15) is 34.9 Å². The average Bonchev–Trinajstić information content (AvgIpc) is 2.76. The minimum absolute atomic E-state index is 0.231. The Bertz CT molecular complexity index is 545. The fourth-order valence-electron chi connectivity index (χ4n) is 1.87. The van der Waals surface area contributed by atoms with Crippen LogP contribution >= 0.6 is 0 Å². The lowest BCUT2D eigenvalue weighted by Crippen LogP contribution is -2.13. The van der Waals surface area contributed by atoms with Gasteiger partial charge in [-0.1, -0.05) is 6.07 Å². The molecule has 0 aliphatic heterocycles. The Morgan fingerprint density at radius 3 is 2.94 bits per heavy atom. The lowest BCUT2D eigenvalue weighted by atomic mass is 9.83. The van der Waals surface area contributed by atoms with Gasteiger partial charge in [-0.05, 0) is 31.4 Å². The minimum Gasteiger partial charge on any atom is -0.306 e. The molecule has 0 unspecified atom stereocenters. The van der Waals surface area contributed by atoms with Gasteiger partial charge in [-0.15, -0.1) is 0 Å². The summed E-state index contributed by atoms with van der Waals surface area (Å²) in [7, 11) is 0. The van der Waals surface area contributed by atoms with Gasteiger partial charge in [-0.2, -0.15) is 5.10 Å². The topological polar surface area (TPSA) is 70.7 Å². The summed E-state index contributed by atoms with van der Waals surface area (Å²) >= 11 is 0. The minimum atomic E-state index is -0.231. The van der Waals surface area contributed by atoms with E-state index in [0.717, 1.165) is 18.5 Å². The van der Waals surface area contributed by atoms with Gasteiger partial charge in [0.1, 0.15) is 11.5 Å². The maximum absolute atomic E-state index is 11.8. The first-order valence-corrected chi connectivity index (χ1v) is 5.92. The fraction of sp³-hybridized carbons (Fsp3) is 0.231. The van der Waals surface area contributed by atoms with Crippen LogP contribution in [0.5, 0.6) is 0 Å². The van der Waals surface area contributed by atoms with E-state index < -0.39 is 0 Å². The molecule has 2 N–H and O–H groups in total. The monoisotopic (exact) mass is 241 g/mol. The number of pyridine rings is 1. The highest BCUT2D eigenvalue weighted by Gasteiger charge is 2.22. The van der Waals surface area contributed by atoms with Crippen molar-refractivity contribution in [2.24, 2.45) is 0 Å². The van der Waals surface area contributed by atoms with Gasteiger partial charge < -0.3 is 5.32 Å². The third kappa shape index (κ3) is 2.11. The van der Waals surface area contributed by atoms with Gasteiger partial charge >= 0.3 is 0 Å². The smallest absolute Gasteiger partial charge is 0.275 e. The van der Waals surface area contributed by atoms with Gasteiger partial charge in [0.05, 0.1) is 5.69 Å². The molecule has 18 heavy (non-hydrogen) atoms. The Morgan fingerprint density at radius 2 is 2.28 bits per heavy atom. The van der Waals surface area contributed by atoms with Crippen molar-refractivity contribution in [1.82, 2.24) is 15.2 Å². The summed E-state index contributed by atoms with van der Waals surface area (Å²) in [4.78, 5) is 15.8. The van der Waals surface area contributed by atoms with Crippen molar-refractivity contribution < 1.29 is 4.79 Å². The molecule has 2 aromatic heterocycles. The predicted molar refractivity (Wildman–Crippen MR) is 67.1 cm³/mol. The Morgan fingerprint density at radius 1 is 1.39 bits per heavy atom. The summed E-state index contributed by atoms with van der Waals surface area (Å²) in [5, 5.41) is 9.79. The van der Waals surface area contributed by atoms with Crippen LogP contribution in [0.2, 0.25) is 0 Å². The quantitative estimate of drug-likeness (QED) is 0.864. The van der Waals surface area contributed by atoms with E-state index in [1.54, 1.807) is 24.4 Å². The second kappa shape index (κ2) is 4.60. The van der Waals surface area contributed by atoms with Crippen LogP contribution in [-0.2, 0) is 0 Å². The Hall–Kier alpha value is -2.17. The van der Waals surface area contributed by atoms with Crippen molar-refractivity contribution in [2.45, 2.75) is 18.8 Å². The van der Waals surface area contributed by atoms with Gasteiger partial charge in [0.25, 0.3) is 5.91 Å². The van der Waals surface area contributed by atoms with Crippen LogP contribution in [0.15, 0.2) is 30.5 Å². The fourth-order valence-corrected chi connectivity index (χ4v) is 1.87. The van der Waals surface area contributed by atoms with E-state index in [0.29, 0.717) is 17.4 Å². The first-order chi connectivity index (χ1) is 8.83. The third-order valence-electron chi connectivity index (χ3n) is 3.06. The normalized spacial score (nSPS) is 15.1. The van der Waals surface area contributed by atoms with E-state index in [2.05, 4.69) is 26.9 Å². The summed E-state index contributed by atoms with van der Waals surface area (Å²) in [5.41, 5.74) is 1.40.